The topological polar surface area (TPSA) is 64.3 Å². The second kappa shape index (κ2) is 6.02. The lowest BCUT2D eigenvalue weighted by Gasteiger charge is -2.29. The summed E-state index contributed by atoms with van der Waals surface area (Å²) in [7, 11) is 0. The van der Waals surface area contributed by atoms with E-state index < -0.39 is 6.10 Å². The summed E-state index contributed by atoms with van der Waals surface area (Å²) in [6.07, 6.45) is 4.50. The average molecular weight is 297 g/mol. The van der Waals surface area contributed by atoms with Crippen LogP contribution in [-0.4, -0.2) is 24.1 Å². The van der Waals surface area contributed by atoms with Crippen LogP contribution in [-0.2, 0) is 11.2 Å². The van der Waals surface area contributed by atoms with Gasteiger partial charge in [0.15, 0.2) is 6.10 Å². The lowest BCUT2D eigenvalue weighted by atomic mass is 9.97. The van der Waals surface area contributed by atoms with E-state index in [-0.39, 0.29) is 23.9 Å². The Kier molecular flexibility index (Phi) is 4.55. The van der Waals surface area contributed by atoms with Gasteiger partial charge in [-0.15, -0.1) is 12.4 Å². The lowest BCUT2D eigenvalue weighted by Crippen LogP contribution is -2.55. The van der Waals surface area contributed by atoms with Gasteiger partial charge in [-0.2, -0.15) is 0 Å². The van der Waals surface area contributed by atoms with Crippen LogP contribution < -0.4 is 15.8 Å². The summed E-state index contributed by atoms with van der Waals surface area (Å²) >= 11 is 0. The summed E-state index contributed by atoms with van der Waals surface area (Å²) in [5, 5.41) is 3.13. The van der Waals surface area contributed by atoms with Crippen LogP contribution in [0.1, 0.15) is 31.2 Å². The van der Waals surface area contributed by atoms with Crippen molar-refractivity contribution < 1.29 is 9.53 Å². The standard InChI is InChI=1S/C15H20N2O2.ClH/c16-10-15(7-3-4-8-15)17-14(18)13-9-11-5-1-2-6-12(11)19-13;/h1-2,5-6,13H,3-4,7-10,16H2,(H,17,18);1H. The van der Waals surface area contributed by atoms with E-state index >= 15 is 0 Å². The minimum Gasteiger partial charge on any atom is -0.480 e. The first kappa shape index (κ1) is 15.1. The largest absolute Gasteiger partial charge is 0.480 e. The Hall–Kier alpha value is -1.26. The van der Waals surface area contributed by atoms with Crippen LogP contribution in [0.25, 0.3) is 0 Å². The van der Waals surface area contributed by atoms with Gasteiger partial charge in [-0.3, -0.25) is 4.79 Å². The van der Waals surface area contributed by atoms with E-state index in [1.165, 1.54) is 0 Å². The van der Waals surface area contributed by atoms with Gasteiger partial charge in [0.1, 0.15) is 5.75 Å². The number of para-hydroxylation sites is 1. The van der Waals surface area contributed by atoms with Crippen molar-refractivity contribution in [2.24, 2.45) is 5.73 Å². The molecule has 1 aliphatic heterocycles. The Morgan fingerprint density at radius 3 is 2.70 bits per heavy atom. The number of nitrogens with one attached hydrogen (secondary N) is 1. The molecule has 0 spiro atoms. The minimum atomic E-state index is -0.401. The number of halogens is 1. The predicted molar refractivity (Wildman–Crippen MR) is 80.2 cm³/mol. The molecule has 1 fully saturated rings. The second-order valence-corrected chi connectivity index (χ2v) is 5.60. The molecule has 1 unspecified atom stereocenters. The van der Waals surface area contributed by atoms with Crippen LogP contribution in [0.5, 0.6) is 5.75 Å². The van der Waals surface area contributed by atoms with Gasteiger partial charge >= 0.3 is 0 Å². The van der Waals surface area contributed by atoms with Crippen LogP contribution in [0, 0.1) is 0 Å². The minimum absolute atomic E-state index is 0. The van der Waals surface area contributed by atoms with E-state index in [1.54, 1.807) is 0 Å². The Balaban J connectivity index is 0.00000147. The maximum Gasteiger partial charge on any atom is 0.261 e. The van der Waals surface area contributed by atoms with Crippen molar-refractivity contribution in [1.82, 2.24) is 5.32 Å². The average Bonchev–Trinajstić information content (AvgIpc) is 3.05. The molecule has 3 rings (SSSR count). The van der Waals surface area contributed by atoms with Crippen LogP contribution in [0.2, 0.25) is 0 Å². The van der Waals surface area contributed by atoms with Crippen molar-refractivity contribution in [1.29, 1.82) is 0 Å². The first-order valence-electron chi connectivity index (χ1n) is 6.99. The smallest absolute Gasteiger partial charge is 0.261 e. The van der Waals surface area contributed by atoms with Crippen LogP contribution in [0.3, 0.4) is 0 Å². The third-order valence-corrected chi connectivity index (χ3v) is 4.28. The van der Waals surface area contributed by atoms with Crippen molar-refractivity contribution in [3.8, 4) is 5.75 Å². The summed E-state index contributed by atoms with van der Waals surface area (Å²) in [5.74, 6) is 0.805. The molecule has 1 amide bonds. The summed E-state index contributed by atoms with van der Waals surface area (Å²) in [6, 6.07) is 7.83. The van der Waals surface area contributed by atoms with Crippen molar-refractivity contribution >= 4 is 18.3 Å². The highest BCUT2D eigenvalue weighted by molar-refractivity contribution is 5.85. The highest BCUT2D eigenvalue weighted by Crippen LogP contribution is 2.31. The maximum absolute atomic E-state index is 12.3. The van der Waals surface area contributed by atoms with Crippen LogP contribution in [0.15, 0.2) is 24.3 Å². The van der Waals surface area contributed by atoms with Crippen LogP contribution >= 0.6 is 12.4 Å². The molecule has 1 aliphatic carbocycles. The van der Waals surface area contributed by atoms with Gasteiger partial charge in [0.05, 0.1) is 5.54 Å². The number of fused-ring (bicyclic) bond motifs is 1. The van der Waals surface area contributed by atoms with Crippen LogP contribution in [0.4, 0.5) is 0 Å². The molecule has 2 aliphatic rings. The SMILES string of the molecule is Cl.NCC1(NC(=O)C2Cc3ccccc3O2)CCCC1. The van der Waals surface area contributed by atoms with Crippen molar-refractivity contribution in [3.63, 3.8) is 0 Å². The zero-order valence-corrected chi connectivity index (χ0v) is 12.2. The molecule has 5 heteroatoms. The number of rotatable bonds is 3. The fraction of sp³-hybridized carbons (Fsp3) is 0.533. The molecule has 0 saturated heterocycles. The van der Waals surface area contributed by atoms with E-state index in [9.17, 15) is 4.79 Å². The van der Waals surface area contributed by atoms with Gasteiger partial charge in [0.2, 0.25) is 0 Å². The molecule has 20 heavy (non-hydrogen) atoms. The number of hydrogen-bond donors (Lipinski definition) is 2. The molecule has 110 valence electrons. The molecule has 0 aromatic heterocycles. The first-order valence-corrected chi connectivity index (χ1v) is 6.99. The van der Waals surface area contributed by atoms with E-state index in [4.69, 9.17) is 10.5 Å². The number of benzene rings is 1. The van der Waals surface area contributed by atoms with Gasteiger partial charge in [-0.25, -0.2) is 0 Å². The van der Waals surface area contributed by atoms with Gasteiger partial charge in [-0.05, 0) is 24.5 Å². The predicted octanol–water partition coefficient (Wildman–Crippen LogP) is 1.80. The summed E-state index contributed by atoms with van der Waals surface area (Å²) < 4.78 is 5.72. The molecular formula is C15H21ClN2O2. The zero-order valence-electron chi connectivity index (χ0n) is 11.4. The number of amides is 1. The summed E-state index contributed by atoms with van der Waals surface area (Å²) in [4.78, 5) is 12.3. The van der Waals surface area contributed by atoms with Crippen molar-refractivity contribution in [3.05, 3.63) is 29.8 Å². The maximum atomic E-state index is 12.3. The number of hydrogen-bond acceptors (Lipinski definition) is 3. The molecule has 0 radical (unpaired) electrons. The van der Waals surface area contributed by atoms with E-state index in [1.807, 2.05) is 24.3 Å². The van der Waals surface area contributed by atoms with Gasteiger partial charge < -0.3 is 15.8 Å². The molecule has 1 saturated carbocycles. The highest BCUT2D eigenvalue weighted by Gasteiger charge is 2.37. The Labute approximate surface area is 125 Å². The third-order valence-electron chi connectivity index (χ3n) is 4.28. The fourth-order valence-corrected chi connectivity index (χ4v) is 3.10. The Bertz CT molecular complexity index is 462. The van der Waals surface area contributed by atoms with Crippen molar-refractivity contribution in [2.45, 2.75) is 43.7 Å². The molecular weight excluding hydrogens is 276 g/mol. The van der Waals surface area contributed by atoms with E-state index in [2.05, 4.69) is 5.32 Å². The molecule has 4 nitrogen and oxygen atoms in total. The molecule has 1 heterocycles. The second-order valence-electron chi connectivity index (χ2n) is 5.60. The number of carbonyl (C=O) groups is 1. The third kappa shape index (κ3) is 2.76. The molecule has 1 aromatic rings. The fourth-order valence-electron chi connectivity index (χ4n) is 3.10. The number of ether oxygens (including phenoxy) is 1. The van der Waals surface area contributed by atoms with Crippen molar-refractivity contribution in [2.75, 3.05) is 6.54 Å². The lowest BCUT2D eigenvalue weighted by molar-refractivity contribution is -0.129. The van der Waals surface area contributed by atoms with E-state index in [0.29, 0.717) is 13.0 Å². The number of carbonyl (C=O) groups excluding carboxylic acids is 1. The summed E-state index contributed by atoms with van der Waals surface area (Å²) in [6.45, 7) is 0.512. The molecule has 1 aromatic carbocycles. The Morgan fingerprint density at radius 2 is 2.05 bits per heavy atom. The first-order chi connectivity index (χ1) is 9.22. The summed E-state index contributed by atoms with van der Waals surface area (Å²) in [5.41, 5.74) is 6.75. The number of nitrogens with two attached hydrogens (primary N) is 1. The quantitative estimate of drug-likeness (QED) is 0.894. The van der Waals surface area contributed by atoms with E-state index in [0.717, 1.165) is 37.0 Å². The monoisotopic (exact) mass is 296 g/mol. The zero-order chi connectivity index (χ0) is 13.3. The van der Waals surface area contributed by atoms with Gasteiger partial charge in [-0.1, -0.05) is 31.0 Å². The highest BCUT2D eigenvalue weighted by atomic mass is 35.5. The van der Waals surface area contributed by atoms with Gasteiger partial charge in [0, 0.05) is 13.0 Å². The van der Waals surface area contributed by atoms with Gasteiger partial charge in [0.25, 0.3) is 5.91 Å². The molecule has 1 atom stereocenters. The normalized spacial score (nSPS) is 22.6. The Morgan fingerprint density at radius 1 is 1.35 bits per heavy atom. The molecule has 0 bridgehead atoms. The molecule has 3 N–H and O–H groups in total.